The highest BCUT2D eigenvalue weighted by atomic mass is 32.2. The van der Waals surface area contributed by atoms with Crippen molar-refractivity contribution >= 4 is 23.9 Å². The summed E-state index contributed by atoms with van der Waals surface area (Å²) in [5.74, 6) is 1.40. The molecule has 1 heterocycles. The van der Waals surface area contributed by atoms with Crippen molar-refractivity contribution in [3.05, 3.63) is 29.6 Å². The van der Waals surface area contributed by atoms with Gasteiger partial charge in [-0.2, -0.15) is 0 Å². The standard InChI is InChI=1S/C22H30FN3O3S/c1-21(19(27)24-20(28)25-21)9-3-2-4-12-30-26-22(10-11-22)16-7-8-17(23)18(13-16)29-14-15-5-6-15/h7-8,13,15,26H,2-6,9-12,14H2,1H3,(H2,24,25,27,28). The van der Waals surface area contributed by atoms with Crippen LogP contribution in [0.1, 0.15) is 63.9 Å². The average molecular weight is 436 g/mol. The summed E-state index contributed by atoms with van der Waals surface area (Å²) < 4.78 is 23.3. The number of carbonyl (C=O) groups excluding carboxylic acids is 2. The minimum atomic E-state index is -0.775. The molecule has 0 bridgehead atoms. The second-order valence-corrected chi connectivity index (χ2v) is 9.88. The molecule has 3 amide bonds. The Morgan fingerprint density at radius 3 is 2.70 bits per heavy atom. The van der Waals surface area contributed by atoms with E-state index in [0.717, 1.165) is 43.4 Å². The van der Waals surface area contributed by atoms with E-state index in [0.29, 0.717) is 24.7 Å². The molecule has 0 spiro atoms. The number of imide groups is 1. The maximum atomic E-state index is 14.1. The zero-order chi connectivity index (χ0) is 21.2. The zero-order valence-electron chi connectivity index (χ0n) is 17.4. The van der Waals surface area contributed by atoms with E-state index < -0.39 is 11.6 Å². The van der Waals surface area contributed by atoms with Gasteiger partial charge in [-0.3, -0.25) is 14.8 Å². The van der Waals surface area contributed by atoms with Crippen molar-refractivity contribution in [2.75, 3.05) is 12.4 Å². The van der Waals surface area contributed by atoms with Crippen molar-refractivity contribution in [3.8, 4) is 5.75 Å². The van der Waals surface area contributed by atoms with Gasteiger partial charge in [0.15, 0.2) is 11.6 Å². The fourth-order valence-corrected chi connectivity index (χ4v) is 4.80. The molecule has 1 aliphatic heterocycles. The third-order valence-electron chi connectivity index (χ3n) is 6.21. The Bertz CT molecular complexity index is 813. The van der Waals surface area contributed by atoms with Crippen molar-refractivity contribution in [2.24, 2.45) is 5.92 Å². The van der Waals surface area contributed by atoms with E-state index in [1.807, 2.05) is 12.1 Å². The highest BCUT2D eigenvalue weighted by Gasteiger charge is 2.44. The van der Waals surface area contributed by atoms with Crippen molar-refractivity contribution < 1.29 is 18.7 Å². The Kier molecular flexibility index (Phi) is 6.25. The van der Waals surface area contributed by atoms with Crippen molar-refractivity contribution in [1.29, 1.82) is 0 Å². The molecular weight excluding hydrogens is 405 g/mol. The molecule has 164 valence electrons. The number of urea groups is 1. The van der Waals surface area contributed by atoms with E-state index in [9.17, 15) is 14.0 Å². The Labute approximate surface area is 181 Å². The second kappa shape index (κ2) is 8.75. The van der Waals surface area contributed by atoms with Gasteiger partial charge in [0.1, 0.15) is 5.54 Å². The minimum absolute atomic E-state index is 0.0737. The van der Waals surface area contributed by atoms with Gasteiger partial charge in [-0.25, -0.2) is 9.18 Å². The molecule has 0 radical (unpaired) electrons. The second-order valence-electron chi connectivity index (χ2n) is 8.98. The SMILES string of the molecule is CC1(CCCCCSNC2(c3ccc(F)c(OCC4CC4)c3)CC2)NC(=O)NC1=O. The van der Waals surface area contributed by atoms with Crippen LogP contribution < -0.4 is 20.1 Å². The molecule has 8 heteroatoms. The van der Waals surface area contributed by atoms with Gasteiger partial charge in [-0.15, -0.1) is 0 Å². The highest BCUT2D eigenvalue weighted by Crippen LogP contribution is 2.48. The van der Waals surface area contributed by atoms with Crippen LogP contribution in [0.4, 0.5) is 9.18 Å². The summed E-state index contributed by atoms with van der Waals surface area (Å²) in [6.07, 6.45) is 8.01. The summed E-state index contributed by atoms with van der Waals surface area (Å²) in [6, 6.07) is 4.84. The molecular formula is C22H30FN3O3S. The summed E-state index contributed by atoms with van der Waals surface area (Å²) >= 11 is 1.70. The number of hydrogen-bond donors (Lipinski definition) is 3. The van der Waals surface area contributed by atoms with Crippen LogP contribution in [-0.4, -0.2) is 29.8 Å². The molecule has 2 aliphatic carbocycles. The number of halogens is 1. The van der Waals surface area contributed by atoms with Gasteiger partial charge in [0, 0.05) is 5.75 Å². The predicted octanol–water partition coefficient (Wildman–Crippen LogP) is 4.00. The lowest BCUT2D eigenvalue weighted by Gasteiger charge is -2.20. The fourth-order valence-electron chi connectivity index (χ4n) is 3.75. The summed E-state index contributed by atoms with van der Waals surface area (Å²) in [5.41, 5.74) is 0.246. The third-order valence-corrected chi connectivity index (χ3v) is 7.24. The smallest absolute Gasteiger partial charge is 0.322 e. The largest absolute Gasteiger partial charge is 0.490 e. The first kappa shape index (κ1) is 21.4. The quantitative estimate of drug-likeness (QED) is 0.263. The first-order valence-corrected chi connectivity index (χ1v) is 11.8. The van der Waals surface area contributed by atoms with Gasteiger partial charge < -0.3 is 10.1 Å². The van der Waals surface area contributed by atoms with Gasteiger partial charge in [0.2, 0.25) is 0 Å². The maximum absolute atomic E-state index is 14.1. The van der Waals surface area contributed by atoms with Crippen LogP contribution in [0.15, 0.2) is 18.2 Å². The Morgan fingerprint density at radius 1 is 1.23 bits per heavy atom. The summed E-state index contributed by atoms with van der Waals surface area (Å²) in [7, 11) is 0. The van der Waals surface area contributed by atoms with E-state index in [-0.39, 0.29) is 17.3 Å². The van der Waals surface area contributed by atoms with Crippen LogP contribution in [0.3, 0.4) is 0 Å². The van der Waals surface area contributed by atoms with Crippen LogP contribution >= 0.6 is 11.9 Å². The van der Waals surface area contributed by atoms with E-state index in [1.165, 1.54) is 18.9 Å². The number of hydrogen-bond acceptors (Lipinski definition) is 5. The molecule has 1 unspecified atom stereocenters. The highest BCUT2D eigenvalue weighted by molar-refractivity contribution is 7.97. The Morgan fingerprint density at radius 2 is 2.03 bits per heavy atom. The van der Waals surface area contributed by atoms with Crippen LogP contribution in [0, 0.1) is 11.7 Å². The van der Waals surface area contributed by atoms with Crippen molar-refractivity contribution in [1.82, 2.24) is 15.4 Å². The molecule has 3 aliphatic rings. The molecule has 0 aromatic heterocycles. The van der Waals surface area contributed by atoms with E-state index >= 15 is 0 Å². The molecule has 30 heavy (non-hydrogen) atoms. The lowest BCUT2D eigenvalue weighted by Crippen LogP contribution is -2.43. The lowest BCUT2D eigenvalue weighted by molar-refractivity contribution is -0.123. The maximum Gasteiger partial charge on any atom is 0.322 e. The molecule has 1 aromatic rings. The molecule has 2 saturated carbocycles. The van der Waals surface area contributed by atoms with Crippen LogP contribution in [-0.2, 0) is 10.3 Å². The topological polar surface area (TPSA) is 79.5 Å². The molecule has 4 rings (SSSR count). The molecule has 3 N–H and O–H groups in total. The normalized spacial score (nSPS) is 24.5. The summed E-state index contributed by atoms with van der Waals surface area (Å²) in [4.78, 5) is 23.1. The van der Waals surface area contributed by atoms with Gasteiger partial charge in [-0.05, 0) is 69.1 Å². The van der Waals surface area contributed by atoms with Gasteiger partial charge in [0.25, 0.3) is 5.91 Å². The van der Waals surface area contributed by atoms with Gasteiger partial charge in [-0.1, -0.05) is 30.9 Å². The molecule has 6 nitrogen and oxygen atoms in total. The van der Waals surface area contributed by atoms with E-state index in [1.54, 1.807) is 18.9 Å². The molecule has 3 fully saturated rings. The van der Waals surface area contributed by atoms with Crippen molar-refractivity contribution in [3.63, 3.8) is 0 Å². The lowest BCUT2D eigenvalue weighted by atomic mass is 9.95. The van der Waals surface area contributed by atoms with Crippen molar-refractivity contribution in [2.45, 2.75) is 69.4 Å². The number of unbranched alkanes of at least 4 members (excludes halogenated alkanes) is 2. The number of carbonyl (C=O) groups is 2. The monoisotopic (exact) mass is 435 g/mol. The first-order valence-electron chi connectivity index (χ1n) is 10.9. The number of nitrogens with one attached hydrogen (secondary N) is 3. The van der Waals surface area contributed by atoms with Crippen LogP contribution in [0.2, 0.25) is 0 Å². The summed E-state index contributed by atoms with van der Waals surface area (Å²) in [6.45, 7) is 2.38. The molecule has 1 aromatic carbocycles. The zero-order valence-corrected chi connectivity index (χ0v) is 18.2. The molecule has 1 atom stereocenters. The first-order chi connectivity index (χ1) is 14.4. The van der Waals surface area contributed by atoms with Gasteiger partial charge >= 0.3 is 6.03 Å². The van der Waals surface area contributed by atoms with Crippen LogP contribution in [0.25, 0.3) is 0 Å². The van der Waals surface area contributed by atoms with Gasteiger partial charge in [0.05, 0.1) is 12.1 Å². The fraction of sp³-hybridized carbons (Fsp3) is 0.636. The average Bonchev–Trinajstić information content (AvgIpc) is 3.62. The number of amides is 3. The number of ether oxygens (including phenoxy) is 1. The van der Waals surface area contributed by atoms with Crippen LogP contribution in [0.5, 0.6) is 5.75 Å². The van der Waals surface area contributed by atoms with E-state index in [2.05, 4.69) is 15.4 Å². The number of benzene rings is 1. The predicted molar refractivity (Wildman–Crippen MR) is 115 cm³/mol. The minimum Gasteiger partial charge on any atom is -0.490 e. The molecule has 1 saturated heterocycles. The summed E-state index contributed by atoms with van der Waals surface area (Å²) in [5, 5.41) is 5.00. The number of rotatable bonds is 12. The Balaban J connectivity index is 1.17. The van der Waals surface area contributed by atoms with E-state index in [4.69, 9.17) is 4.74 Å². The third kappa shape index (κ3) is 5.09. The Hall–Kier alpha value is -1.80.